The van der Waals surface area contributed by atoms with E-state index in [-0.39, 0.29) is 18.4 Å². The lowest BCUT2D eigenvalue weighted by molar-refractivity contribution is -0.425. The predicted molar refractivity (Wildman–Crippen MR) is 97.2 cm³/mol. The third-order valence-electron chi connectivity index (χ3n) is 4.52. The van der Waals surface area contributed by atoms with Gasteiger partial charge in [0, 0.05) is 18.2 Å². The molecular weight excluding hydrogens is 334 g/mol. The van der Waals surface area contributed by atoms with Crippen LogP contribution in [-0.4, -0.2) is 7.11 Å². The molecular formula is C21H26ClNO2. The fourth-order valence-electron chi connectivity index (χ4n) is 3.23. The first kappa shape index (κ1) is 19.4. The lowest BCUT2D eigenvalue weighted by Gasteiger charge is -2.10. The van der Waals surface area contributed by atoms with Gasteiger partial charge in [0.05, 0.1) is 12.7 Å². The van der Waals surface area contributed by atoms with E-state index in [0.717, 1.165) is 42.8 Å². The molecule has 3 nitrogen and oxygen atoms in total. The molecule has 1 atom stereocenters. The van der Waals surface area contributed by atoms with Crippen molar-refractivity contribution in [1.82, 2.24) is 0 Å². The van der Waals surface area contributed by atoms with E-state index in [0.29, 0.717) is 0 Å². The second-order valence-corrected chi connectivity index (χ2v) is 6.29. The maximum Gasteiger partial charge on any atom is 0.134 e. The van der Waals surface area contributed by atoms with E-state index in [9.17, 15) is 0 Å². The van der Waals surface area contributed by atoms with Gasteiger partial charge in [-0.05, 0) is 30.2 Å². The van der Waals surface area contributed by atoms with E-state index >= 15 is 0 Å². The van der Waals surface area contributed by atoms with E-state index in [4.69, 9.17) is 9.15 Å². The standard InChI is InChI=1S/C21H25NO2.ClH/c1-3-4-8-20-21(17-7-5-6-9-19(17)24-20)18(22)14-15-10-12-16(23-2)13-11-15;/h5-7,9-13,18H,3-4,8,14,22H2,1-2H3;1H. The molecule has 1 aromatic heterocycles. The minimum Gasteiger partial charge on any atom is -1.00 e. The van der Waals surface area contributed by atoms with Crippen molar-refractivity contribution in [2.45, 2.75) is 38.6 Å². The van der Waals surface area contributed by atoms with Crippen LogP contribution < -0.4 is 22.9 Å². The third-order valence-corrected chi connectivity index (χ3v) is 4.52. The van der Waals surface area contributed by atoms with Gasteiger partial charge in [0.1, 0.15) is 23.1 Å². The van der Waals surface area contributed by atoms with Crippen LogP contribution in [-0.2, 0) is 12.8 Å². The zero-order valence-electron chi connectivity index (χ0n) is 14.9. The van der Waals surface area contributed by atoms with Crippen LogP contribution in [0.5, 0.6) is 5.75 Å². The minimum atomic E-state index is 0. The van der Waals surface area contributed by atoms with Crippen LogP contribution in [0.1, 0.15) is 42.7 Å². The van der Waals surface area contributed by atoms with Crippen molar-refractivity contribution >= 4 is 11.0 Å². The monoisotopic (exact) mass is 359 g/mol. The van der Waals surface area contributed by atoms with E-state index in [1.165, 1.54) is 16.5 Å². The van der Waals surface area contributed by atoms with Gasteiger partial charge in [0.2, 0.25) is 0 Å². The zero-order valence-corrected chi connectivity index (χ0v) is 15.7. The summed E-state index contributed by atoms with van der Waals surface area (Å²) in [6, 6.07) is 16.7. The summed E-state index contributed by atoms with van der Waals surface area (Å²) < 4.78 is 11.4. The quantitative estimate of drug-likeness (QED) is 0.691. The summed E-state index contributed by atoms with van der Waals surface area (Å²) in [4.78, 5) is 0. The molecule has 1 unspecified atom stereocenters. The van der Waals surface area contributed by atoms with Crippen molar-refractivity contribution in [3.8, 4) is 5.75 Å². The van der Waals surface area contributed by atoms with Crippen molar-refractivity contribution in [2.24, 2.45) is 0 Å². The Labute approximate surface area is 155 Å². The summed E-state index contributed by atoms with van der Waals surface area (Å²) in [5.41, 5.74) is 7.96. The second-order valence-electron chi connectivity index (χ2n) is 6.29. The molecule has 0 amide bonds. The van der Waals surface area contributed by atoms with Gasteiger partial charge in [-0.1, -0.05) is 43.7 Å². The van der Waals surface area contributed by atoms with E-state index in [1.807, 2.05) is 24.3 Å². The molecule has 0 bridgehead atoms. The highest BCUT2D eigenvalue weighted by molar-refractivity contribution is 5.82. The van der Waals surface area contributed by atoms with Crippen molar-refractivity contribution in [3.63, 3.8) is 0 Å². The number of methoxy groups -OCH3 is 1. The molecule has 3 aromatic rings. The highest BCUT2D eigenvalue weighted by Crippen LogP contribution is 2.32. The van der Waals surface area contributed by atoms with E-state index < -0.39 is 0 Å². The number of unbranched alkanes of at least 4 members (excludes halogenated alkanes) is 1. The van der Waals surface area contributed by atoms with Crippen LogP contribution in [0.25, 0.3) is 11.0 Å². The molecule has 25 heavy (non-hydrogen) atoms. The van der Waals surface area contributed by atoms with Gasteiger partial charge in [-0.25, -0.2) is 0 Å². The zero-order chi connectivity index (χ0) is 16.9. The Bertz CT molecular complexity index is 795. The predicted octanol–water partition coefficient (Wildman–Crippen LogP) is 1.31. The molecule has 3 N–H and O–H groups in total. The molecule has 0 fully saturated rings. The molecule has 0 saturated carbocycles. The Balaban J connectivity index is 0.00000225. The van der Waals surface area contributed by atoms with Gasteiger partial charge in [0.25, 0.3) is 0 Å². The Kier molecular flexibility index (Phi) is 6.91. The number of para-hydroxylation sites is 1. The summed E-state index contributed by atoms with van der Waals surface area (Å²) >= 11 is 0. The molecule has 0 spiro atoms. The number of fused-ring (bicyclic) bond motifs is 1. The highest BCUT2D eigenvalue weighted by atomic mass is 35.5. The summed E-state index contributed by atoms with van der Waals surface area (Å²) in [6.07, 6.45) is 4.18. The maximum atomic E-state index is 6.14. The first-order valence-electron chi connectivity index (χ1n) is 8.69. The van der Waals surface area contributed by atoms with Gasteiger partial charge < -0.3 is 27.3 Å². The normalized spacial score (nSPS) is 12.0. The molecule has 134 valence electrons. The van der Waals surface area contributed by atoms with Crippen LogP contribution >= 0.6 is 0 Å². The first-order valence-corrected chi connectivity index (χ1v) is 8.69. The number of hydrogen-bond donors (Lipinski definition) is 1. The SMILES string of the molecule is CCCCc1oc2ccccc2c1C([NH3+])Cc1ccc(OC)cc1.[Cl-]. The number of hydrogen-bond acceptors (Lipinski definition) is 2. The third kappa shape index (κ3) is 4.36. The van der Waals surface area contributed by atoms with Crippen molar-refractivity contribution in [3.05, 3.63) is 65.4 Å². The van der Waals surface area contributed by atoms with Crippen LogP contribution in [0.15, 0.2) is 52.9 Å². The van der Waals surface area contributed by atoms with Crippen molar-refractivity contribution < 1.29 is 27.3 Å². The van der Waals surface area contributed by atoms with Crippen molar-refractivity contribution in [2.75, 3.05) is 7.11 Å². The Morgan fingerprint density at radius 2 is 1.80 bits per heavy atom. The molecule has 1 heterocycles. The topological polar surface area (TPSA) is 50.0 Å². The minimum absolute atomic E-state index is 0. The van der Waals surface area contributed by atoms with Crippen molar-refractivity contribution in [1.29, 1.82) is 0 Å². The Morgan fingerprint density at radius 3 is 2.48 bits per heavy atom. The number of quaternary nitrogens is 1. The highest BCUT2D eigenvalue weighted by Gasteiger charge is 2.22. The van der Waals surface area contributed by atoms with Gasteiger partial charge >= 0.3 is 0 Å². The summed E-state index contributed by atoms with van der Waals surface area (Å²) in [6.45, 7) is 2.21. The number of benzene rings is 2. The molecule has 0 aliphatic heterocycles. The molecule has 0 aliphatic carbocycles. The largest absolute Gasteiger partial charge is 1.00 e. The van der Waals surface area contributed by atoms with Gasteiger partial charge in [0.15, 0.2) is 0 Å². The average Bonchev–Trinajstić information content (AvgIpc) is 2.99. The lowest BCUT2D eigenvalue weighted by atomic mass is 9.95. The Hall–Kier alpha value is -1.97. The van der Waals surface area contributed by atoms with Gasteiger partial charge in [-0.15, -0.1) is 0 Å². The fourth-order valence-corrected chi connectivity index (χ4v) is 3.23. The van der Waals surface area contributed by atoms with Gasteiger partial charge in [-0.3, -0.25) is 0 Å². The first-order chi connectivity index (χ1) is 11.7. The molecule has 0 saturated heterocycles. The average molecular weight is 360 g/mol. The molecule has 0 radical (unpaired) electrons. The van der Waals surface area contributed by atoms with Crippen LogP contribution in [0, 0.1) is 0 Å². The Morgan fingerprint density at radius 1 is 1.08 bits per heavy atom. The number of rotatable bonds is 7. The second kappa shape index (κ2) is 8.93. The fraction of sp³-hybridized carbons (Fsp3) is 0.333. The summed E-state index contributed by atoms with van der Waals surface area (Å²) in [7, 11) is 1.69. The maximum absolute atomic E-state index is 6.14. The molecule has 0 aliphatic rings. The van der Waals surface area contributed by atoms with E-state index in [1.54, 1.807) is 7.11 Å². The molecule has 3 rings (SSSR count). The molecule has 2 aromatic carbocycles. The summed E-state index contributed by atoms with van der Waals surface area (Å²) in [5, 5.41) is 1.21. The van der Waals surface area contributed by atoms with Crippen LogP contribution in [0.2, 0.25) is 0 Å². The smallest absolute Gasteiger partial charge is 0.134 e. The lowest BCUT2D eigenvalue weighted by Crippen LogP contribution is -3.00. The molecule has 4 heteroatoms. The van der Waals surface area contributed by atoms with Crippen LogP contribution in [0.4, 0.5) is 0 Å². The van der Waals surface area contributed by atoms with Crippen LogP contribution in [0.3, 0.4) is 0 Å². The van der Waals surface area contributed by atoms with E-state index in [2.05, 4.69) is 36.9 Å². The number of furan rings is 1. The number of aryl methyl sites for hydroxylation is 1. The number of ether oxygens (including phenoxy) is 1. The number of halogens is 1. The summed E-state index contributed by atoms with van der Waals surface area (Å²) in [5.74, 6) is 1.99. The van der Waals surface area contributed by atoms with Gasteiger partial charge in [-0.2, -0.15) is 0 Å².